The molecule has 1 rings (SSSR count). The molecule has 17 heavy (non-hydrogen) atoms. The number of aryl methyl sites for hydroxylation is 1. The standard InChI is InChI=1S/C15H20O2/c1-3-5-6-7-9-13-10-8-11-14(12-13)17-15(16)4-2/h4,8,10-12H,2-3,5-7,9H2,1H3. The molecule has 1 aromatic rings. The van der Waals surface area contributed by atoms with Gasteiger partial charge in [-0.15, -0.1) is 0 Å². The molecule has 2 nitrogen and oxygen atoms in total. The van der Waals surface area contributed by atoms with Crippen molar-refractivity contribution in [3.8, 4) is 5.75 Å². The van der Waals surface area contributed by atoms with E-state index in [0.29, 0.717) is 5.75 Å². The molecular formula is C15H20O2. The highest BCUT2D eigenvalue weighted by atomic mass is 16.5. The van der Waals surface area contributed by atoms with Crippen molar-refractivity contribution in [1.29, 1.82) is 0 Å². The van der Waals surface area contributed by atoms with E-state index in [9.17, 15) is 4.79 Å². The Kier molecular flexibility index (Phi) is 6.08. The topological polar surface area (TPSA) is 26.3 Å². The van der Waals surface area contributed by atoms with Crippen molar-refractivity contribution in [2.45, 2.75) is 39.0 Å². The van der Waals surface area contributed by atoms with E-state index in [0.717, 1.165) is 6.42 Å². The van der Waals surface area contributed by atoms with Gasteiger partial charge in [0.2, 0.25) is 0 Å². The van der Waals surface area contributed by atoms with Gasteiger partial charge in [-0.25, -0.2) is 4.79 Å². The Bertz CT molecular complexity index is 369. The van der Waals surface area contributed by atoms with Gasteiger partial charge >= 0.3 is 5.97 Å². The van der Waals surface area contributed by atoms with Crippen molar-refractivity contribution < 1.29 is 9.53 Å². The maximum Gasteiger partial charge on any atom is 0.335 e. The molecule has 0 N–H and O–H groups in total. The van der Waals surface area contributed by atoms with Crippen molar-refractivity contribution in [3.05, 3.63) is 42.5 Å². The van der Waals surface area contributed by atoms with E-state index in [1.807, 2.05) is 12.1 Å². The van der Waals surface area contributed by atoms with Gasteiger partial charge < -0.3 is 4.74 Å². The van der Waals surface area contributed by atoms with E-state index < -0.39 is 5.97 Å². The number of benzene rings is 1. The molecule has 1 aromatic carbocycles. The van der Waals surface area contributed by atoms with E-state index >= 15 is 0 Å². The van der Waals surface area contributed by atoms with Gasteiger partial charge in [-0.1, -0.05) is 44.9 Å². The van der Waals surface area contributed by atoms with Crippen molar-refractivity contribution in [2.24, 2.45) is 0 Å². The lowest BCUT2D eigenvalue weighted by Crippen LogP contribution is -2.03. The van der Waals surface area contributed by atoms with Crippen LogP contribution in [0.3, 0.4) is 0 Å². The summed E-state index contributed by atoms with van der Waals surface area (Å²) in [5.41, 5.74) is 1.22. The fourth-order valence-electron chi connectivity index (χ4n) is 1.68. The fourth-order valence-corrected chi connectivity index (χ4v) is 1.68. The first-order chi connectivity index (χ1) is 8.26. The van der Waals surface area contributed by atoms with Crippen LogP contribution in [0.1, 0.15) is 38.2 Å². The highest BCUT2D eigenvalue weighted by Gasteiger charge is 2.01. The molecular weight excluding hydrogens is 212 g/mol. The summed E-state index contributed by atoms with van der Waals surface area (Å²) in [6.45, 7) is 5.58. The smallest absolute Gasteiger partial charge is 0.335 e. The first-order valence-corrected chi connectivity index (χ1v) is 6.19. The average molecular weight is 232 g/mol. The third-order valence-corrected chi connectivity index (χ3v) is 2.60. The van der Waals surface area contributed by atoms with E-state index in [2.05, 4.69) is 19.6 Å². The van der Waals surface area contributed by atoms with Crippen LogP contribution in [-0.4, -0.2) is 5.97 Å². The van der Waals surface area contributed by atoms with Gasteiger partial charge in [0.1, 0.15) is 5.75 Å². The molecule has 0 spiro atoms. The summed E-state index contributed by atoms with van der Waals surface area (Å²) < 4.78 is 5.07. The molecule has 0 aliphatic carbocycles. The van der Waals surface area contributed by atoms with Gasteiger partial charge in [-0.3, -0.25) is 0 Å². The van der Waals surface area contributed by atoms with E-state index in [1.165, 1.54) is 37.3 Å². The molecule has 0 bridgehead atoms. The van der Waals surface area contributed by atoms with Crippen molar-refractivity contribution in [2.75, 3.05) is 0 Å². The fraction of sp³-hybridized carbons (Fsp3) is 0.400. The lowest BCUT2D eigenvalue weighted by atomic mass is 10.1. The molecule has 2 heteroatoms. The molecule has 92 valence electrons. The van der Waals surface area contributed by atoms with Crippen LogP contribution in [0.25, 0.3) is 0 Å². The summed E-state index contributed by atoms with van der Waals surface area (Å²) in [5, 5.41) is 0. The predicted octanol–water partition coefficient (Wildman–Crippen LogP) is 3.90. The first kappa shape index (κ1) is 13.5. The summed E-state index contributed by atoms with van der Waals surface area (Å²) in [5.74, 6) is 0.191. The first-order valence-electron chi connectivity index (χ1n) is 6.19. The molecule has 0 saturated carbocycles. The van der Waals surface area contributed by atoms with Crippen LogP contribution in [0.4, 0.5) is 0 Å². The molecule has 0 fully saturated rings. The predicted molar refractivity (Wildman–Crippen MR) is 70.1 cm³/mol. The van der Waals surface area contributed by atoms with Crippen molar-refractivity contribution in [3.63, 3.8) is 0 Å². The van der Waals surface area contributed by atoms with E-state index in [1.54, 1.807) is 6.07 Å². The monoisotopic (exact) mass is 232 g/mol. The summed E-state index contributed by atoms with van der Waals surface area (Å²) in [7, 11) is 0. The number of carbonyl (C=O) groups is 1. The van der Waals surface area contributed by atoms with E-state index in [-0.39, 0.29) is 0 Å². The SMILES string of the molecule is C=CC(=O)Oc1cccc(CCCCCC)c1. The molecule has 0 aliphatic heterocycles. The number of carbonyl (C=O) groups excluding carboxylic acids is 1. The number of hydrogen-bond acceptors (Lipinski definition) is 2. The highest BCUT2D eigenvalue weighted by molar-refractivity contribution is 5.83. The maximum atomic E-state index is 11.1. The molecule has 0 amide bonds. The van der Waals surface area contributed by atoms with Gasteiger partial charge in [-0.05, 0) is 30.5 Å². The second-order valence-electron chi connectivity index (χ2n) is 4.08. The van der Waals surface area contributed by atoms with Crippen LogP contribution in [0.5, 0.6) is 5.75 Å². The quantitative estimate of drug-likeness (QED) is 0.308. The number of rotatable bonds is 7. The second-order valence-corrected chi connectivity index (χ2v) is 4.08. The van der Waals surface area contributed by atoms with Crippen LogP contribution in [0, 0.1) is 0 Å². The maximum absolute atomic E-state index is 11.1. The summed E-state index contributed by atoms with van der Waals surface area (Å²) >= 11 is 0. The highest BCUT2D eigenvalue weighted by Crippen LogP contribution is 2.16. The zero-order chi connectivity index (χ0) is 12.5. The Morgan fingerprint density at radius 2 is 2.18 bits per heavy atom. The Morgan fingerprint density at radius 3 is 2.88 bits per heavy atom. The van der Waals surface area contributed by atoms with Gasteiger partial charge in [0.25, 0.3) is 0 Å². The lowest BCUT2D eigenvalue weighted by molar-refractivity contribution is -0.128. The third-order valence-electron chi connectivity index (χ3n) is 2.60. The van der Waals surface area contributed by atoms with Crippen LogP contribution < -0.4 is 4.74 Å². The molecule has 0 radical (unpaired) electrons. The lowest BCUT2D eigenvalue weighted by Gasteiger charge is -2.05. The Labute approximate surface area is 103 Å². The minimum atomic E-state index is -0.409. The van der Waals surface area contributed by atoms with Gasteiger partial charge in [0.15, 0.2) is 0 Å². The summed E-state index contributed by atoms with van der Waals surface area (Å²) in [6, 6.07) is 7.70. The van der Waals surface area contributed by atoms with Crippen LogP contribution in [0.2, 0.25) is 0 Å². The molecule has 0 heterocycles. The van der Waals surface area contributed by atoms with E-state index in [4.69, 9.17) is 4.74 Å². The Hall–Kier alpha value is -1.57. The zero-order valence-electron chi connectivity index (χ0n) is 10.4. The number of esters is 1. The third kappa shape index (κ3) is 5.34. The Morgan fingerprint density at radius 1 is 1.35 bits per heavy atom. The number of ether oxygens (including phenoxy) is 1. The Balaban J connectivity index is 2.47. The van der Waals surface area contributed by atoms with Crippen LogP contribution in [0.15, 0.2) is 36.9 Å². The number of hydrogen-bond donors (Lipinski definition) is 0. The molecule has 0 atom stereocenters. The molecule has 0 aromatic heterocycles. The molecule has 0 aliphatic rings. The van der Waals surface area contributed by atoms with Crippen molar-refractivity contribution in [1.82, 2.24) is 0 Å². The van der Waals surface area contributed by atoms with Gasteiger partial charge in [0, 0.05) is 6.08 Å². The van der Waals surface area contributed by atoms with Gasteiger partial charge in [-0.2, -0.15) is 0 Å². The second kappa shape index (κ2) is 7.66. The van der Waals surface area contributed by atoms with Gasteiger partial charge in [0.05, 0.1) is 0 Å². The van der Waals surface area contributed by atoms with Crippen LogP contribution in [-0.2, 0) is 11.2 Å². The minimum absolute atomic E-state index is 0.409. The minimum Gasteiger partial charge on any atom is -0.423 e. The number of unbranched alkanes of at least 4 members (excludes halogenated alkanes) is 3. The van der Waals surface area contributed by atoms with Crippen molar-refractivity contribution >= 4 is 5.97 Å². The van der Waals surface area contributed by atoms with Crippen LogP contribution >= 0.6 is 0 Å². The molecule has 0 unspecified atom stereocenters. The summed E-state index contributed by atoms with van der Waals surface area (Å²) in [4.78, 5) is 11.1. The summed E-state index contributed by atoms with van der Waals surface area (Å²) in [6.07, 6.45) is 7.19. The molecule has 0 saturated heterocycles. The largest absolute Gasteiger partial charge is 0.423 e. The normalized spacial score (nSPS) is 9.94. The average Bonchev–Trinajstić information content (AvgIpc) is 2.35. The zero-order valence-corrected chi connectivity index (χ0v) is 10.4.